The minimum atomic E-state index is -3.57. The number of hydrogen-bond donors (Lipinski definition) is 2. The van der Waals surface area contributed by atoms with Gasteiger partial charge in [-0.3, -0.25) is 4.79 Å². The Kier molecular flexibility index (Phi) is 6.56. The van der Waals surface area contributed by atoms with Crippen LogP contribution in [0.1, 0.15) is 38.3 Å². The molecule has 0 fully saturated rings. The average Bonchev–Trinajstić information content (AvgIpc) is 2.41. The third kappa shape index (κ3) is 5.42. The van der Waals surface area contributed by atoms with E-state index in [4.69, 9.17) is 0 Å². The lowest BCUT2D eigenvalue weighted by Gasteiger charge is -2.17. The molecule has 5 nitrogen and oxygen atoms in total. The Morgan fingerprint density at radius 1 is 1.14 bits per heavy atom. The van der Waals surface area contributed by atoms with Gasteiger partial charge in [0, 0.05) is 19.0 Å². The largest absolute Gasteiger partial charge is 0.353 e. The molecule has 0 spiro atoms. The summed E-state index contributed by atoms with van der Waals surface area (Å²) in [5.41, 5.74) is 1.97. The Morgan fingerprint density at radius 2 is 1.77 bits per heavy atom. The lowest BCUT2D eigenvalue weighted by molar-refractivity contribution is -0.121. The Labute approximate surface area is 133 Å². The fourth-order valence-corrected chi connectivity index (χ4v) is 2.87. The molecule has 124 valence electrons. The number of rotatable bonds is 7. The molecular weight excluding hydrogens is 300 g/mol. The molecule has 22 heavy (non-hydrogen) atoms. The zero-order valence-electron chi connectivity index (χ0n) is 13.9. The van der Waals surface area contributed by atoms with Crippen LogP contribution in [0.3, 0.4) is 0 Å². The number of aryl methyl sites for hydroxylation is 2. The van der Waals surface area contributed by atoms with Gasteiger partial charge in [-0.05, 0) is 49.9 Å². The van der Waals surface area contributed by atoms with E-state index in [0.717, 1.165) is 11.1 Å². The molecule has 1 amide bonds. The second-order valence-electron chi connectivity index (χ2n) is 5.99. The molecule has 6 heteroatoms. The summed E-state index contributed by atoms with van der Waals surface area (Å²) in [6, 6.07) is 5.06. The molecule has 1 rings (SSSR count). The number of benzene rings is 1. The third-order valence-electron chi connectivity index (χ3n) is 3.82. The molecule has 1 aromatic rings. The van der Waals surface area contributed by atoms with Gasteiger partial charge in [-0.1, -0.05) is 19.9 Å². The second-order valence-corrected chi connectivity index (χ2v) is 7.76. The Hall–Kier alpha value is -1.40. The van der Waals surface area contributed by atoms with Crippen LogP contribution in [-0.4, -0.2) is 26.9 Å². The smallest absolute Gasteiger partial charge is 0.240 e. The van der Waals surface area contributed by atoms with Gasteiger partial charge in [0.1, 0.15) is 0 Å². The van der Waals surface area contributed by atoms with E-state index in [1.54, 1.807) is 18.2 Å². The summed E-state index contributed by atoms with van der Waals surface area (Å²) in [4.78, 5) is 12.0. The molecule has 0 aliphatic rings. The number of sulfonamides is 1. The van der Waals surface area contributed by atoms with Crippen LogP contribution in [-0.2, 0) is 14.8 Å². The van der Waals surface area contributed by atoms with Gasteiger partial charge in [-0.2, -0.15) is 0 Å². The lowest BCUT2D eigenvalue weighted by Crippen LogP contribution is -2.38. The summed E-state index contributed by atoms with van der Waals surface area (Å²) in [5.74, 6) is 0.195. The molecule has 0 saturated heterocycles. The summed E-state index contributed by atoms with van der Waals surface area (Å²) in [5, 5.41) is 2.85. The van der Waals surface area contributed by atoms with Crippen LogP contribution in [0.25, 0.3) is 0 Å². The molecule has 0 heterocycles. The van der Waals surface area contributed by atoms with E-state index in [2.05, 4.69) is 10.0 Å². The third-order valence-corrected chi connectivity index (χ3v) is 5.28. The van der Waals surface area contributed by atoms with Crippen molar-refractivity contribution in [1.29, 1.82) is 0 Å². The first-order valence-corrected chi connectivity index (χ1v) is 8.98. The van der Waals surface area contributed by atoms with Crippen molar-refractivity contribution in [2.75, 3.05) is 6.54 Å². The molecule has 0 saturated carbocycles. The molecule has 0 aromatic heterocycles. The molecule has 2 N–H and O–H groups in total. The summed E-state index contributed by atoms with van der Waals surface area (Å²) in [6.45, 7) is 9.86. The average molecular weight is 326 g/mol. The van der Waals surface area contributed by atoms with Crippen LogP contribution < -0.4 is 10.0 Å². The summed E-state index contributed by atoms with van der Waals surface area (Å²) >= 11 is 0. The van der Waals surface area contributed by atoms with Crippen molar-refractivity contribution in [3.8, 4) is 0 Å². The first-order chi connectivity index (χ1) is 10.1. The monoisotopic (exact) mass is 326 g/mol. The fourth-order valence-electron chi connectivity index (χ4n) is 1.76. The topological polar surface area (TPSA) is 75.3 Å². The van der Waals surface area contributed by atoms with E-state index in [1.165, 1.54) is 0 Å². The molecule has 1 atom stereocenters. The highest BCUT2D eigenvalue weighted by atomic mass is 32.2. The molecule has 0 aliphatic heterocycles. The Morgan fingerprint density at radius 3 is 2.32 bits per heavy atom. The van der Waals surface area contributed by atoms with E-state index in [0.29, 0.717) is 5.92 Å². The highest BCUT2D eigenvalue weighted by molar-refractivity contribution is 7.89. The second kappa shape index (κ2) is 7.74. The van der Waals surface area contributed by atoms with E-state index < -0.39 is 10.0 Å². The highest BCUT2D eigenvalue weighted by Crippen LogP contribution is 2.14. The van der Waals surface area contributed by atoms with Crippen LogP contribution in [0.15, 0.2) is 23.1 Å². The maximum atomic E-state index is 12.2. The Bertz CT molecular complexity index is 624. The minimum absolute atomic E-state index is 0.0730. The summed E-state index contributed by atoms with van der Waals surface area (Å²) in [7, 11) is -3.57. The Balaban J connectivity index is 2.56. The van der Waals surface area contributed by atoms with Gasteiger partial charge in [0.25, 0.3) is 0 Å². The van der Waals surface area contributed by atoms with Crippen molar-refractivity contribution in [3.63, 3.8) is 0 Å². The highest BCUT2D eigenvalue weighted by Gasteiger charge is 2.16. The quantitative estimate of drug-likeness (QED) is 0.806. The van der Waals surface area contributed by atoms with Gasteiger partial charge in [-0.15, -0.1) is 0 Å². The van der Waals surface area contributed by atoms with Gasteiger partial charge in [0.15, 0.2) is 0 Å². The number of nitrogens with one attached hydrogen (secondary N) is 2. The van der Waals surface area contributed by atoms with Crippen LogP contribution in [0.4, 0.5) is 0 Å². The lowest BCUT2D eigenvalue weighted by atomic mass is 10.1. The van der Waals surface area contributed by atoms with Crippen molar-refractivity contribution in [1.82, 2.24) is 10.0 Å². The van der Waals surface area contributed by atoms with Gasteiger partial charge < -0.3 is 5.32 Å². The number of carbonyl (C=O) groups excluding carboxylic acids is 1. The molecule has 1 unspecified atom stereocenters. The van der Waals surface area contributed by atoms with E-state index in [9.17, 15) is 13.2 Å². The zero-order valence-corrected chi connectivity index (χ0v) is 14.8. The fraction of sp³-hybridized carbons (Fsp3) is 0.562. The van der Waals surface area contributed by atoms with Gasteiger partial charge >= 0.3 is 0 Å². The summed E-state index contributed by atoms with van der Waals surface area (Å²) in [6.07, 6.45) is 0.126. The maximum absolute atomic E-state index is 12.2. The van der Waals surface area contributed by atoms with Gasteiger partial charge in [0.2, 0.25) is 15.9 Å². The van der Waals surface area contributed by atoms with E-state index >= 15 is 0 Å². The number of carbonyl (C=O) groups is 1. The zero-order chi connectivity index (χ0) is 16.9. The standard InChI is InChI=1S/C16H26N2O3S/c1-11(2)14(5)18-16(19)8-9-17-22(20,21)15-7-6-12(3)13(4)10-15/h6-7,10-11,14,17H,8-9H2,1-5H3,(H,18,19). The SMILES string of the molecule is Cc1ccc(S(=O)(=O)NCCC(=O)NC(C)C(C)C)cc1C. The van der Waals surface area contributed by atoms with Crippen molar-refractivity contribution >= 4 is 15.9 Å². The number of amides is 1. The molecule has 0 bridgehead atoms. The van der Waals surface area contributed by atoms with Crippen LogP contribution in [0.5, 0.6) is 0 Å². The maximum Gasteiger partial charge on any atom is 0.240 e. The van der Waals surface area contributed by atoms with Crippen LogP contribution in [0, 0.1) is 19.8 Å². The van der Waals surface area contributed by atoms with Crippen LogP contribution >= 0.6 is 0 Å². The van der Waals surface area contributed by atoms with E-state index in [1.807, 2.05) is 34.6 Å². The minimum Gasteiger partial charge on any atom is -0.353 e. The number of hydrogen-bond acceptors (Lipinski definition) is 3. The van der Waals surface area contributed by atoms with E-state index in [-0.39, 0.29) is 29.8 Å². The van der Waals surface area contributed by atoms with Crippen molar-refractivity contribution in [2.24, 2.45) is 5.92 Å². The molecule has 0 aliphatic carbocycles. The first kappa shape index (κ1) is 18.6. The van der Waals surface area contributed by atoms with Gasteiger partial charge in [-0.25, -0.2) is 13.1 Å². The molecule has 1 aromatic carbocycles. The van der Waals surface area contributed by atoms with Crippen molar-refractivity contribution < 1.29 is 13.2 Å². The first-order valence-electron chi connectivity index (χ1n) is 7.49. The van der Waals surface area contributed by atoms with Crippen molar-refractivity contribution in [2.45, 2.75) is 52.0 Å². The van der Waals surface area contributed by atoms with Crippen LogP contribution in [0.2, 0.25) is 0 Å². The normalized spacial score (nSPS) is 13.2. The predicted molar refractivity (Wildman–Crippen MR) is 88.2 cm³/mol. The summed E-state index contributed by atoms with van der Waals surface area (Å²) < 4.78 is 26.8. The van der Waals surface area contributed by atoms with Crippen molar-refractivity contribution in [3.05, 3.63) is 29.3 Å². The molecular formula is C16H26N2O3S. The predicted octanol–water partition coefficient (Wildman–Crippen LogP) is 2.13. The van der Waals surface area contributed by atoms with Gasteiger partial charge in [0.05, 0.1) is 4.90 Å². The molecule has 0 radical (unpaired) electrons.